The van der Waals surface area contributed by atoms with Crippen molar-refractivity contribution >= 4 is 61.7 Å². The molecule has 0 saturated carbocycles. The van der Waals surface area contributed by atoms with Gasteiger partial charge in [0.25, 0.3) is 0 Å². The van der Waals surface area contributed by atoms with Gasteiger partial charge >= 0.3 is 0 Å². The average Bonchev–Trinajstić information content (AvgIpc) is 2.36. The largest absolute Gasteiger partial charge is 0.204 e. The monoisotopic (exact) mass is 476 g/mol. The van der Waals surface area contributed by atoms with Crippen LogP contribution in [0.3, 0.4) is 0 Å². The molecule has 0 aromatic heterocycles. The first-order valence-electron chi connectivity index (χ1n) is 5.13. The third kappa shape index (κ3) is 3.40. The molecule has 0 bridgehead atoms. The minimum atomic E-state index is -0.964. The first kappa shape index (κ1) is 15.5. The van der Waals surface area contributed by atoms with Gasteiger partial charge in [-0.1, -0.05) is 39.1 Å². The van der Waals surface area contributed by atoms with Gasteiger partial charge in [0, 0.05) is 13.6 Å². The summed E-state index contributed by atoms with van der Waals surface area (Å²) in [6.07, 6.45) is 0. The van der Waals surface area contributed by atoms with Crippen molar-refractivity contribution in [3.63, 3.8) is 0 Å². The van der Waals surface area contributed by atoms with E-state index in [1.807, 2.05) is 6.07 Å². The van der Waals surface area contributed by atoms with E-state index in [9.17, 15) is 8.78 Å². The van der Waals surface area contributed by atoms with Crippen molar-refractivity contribution in [2.45, 2.75) is 4.83 Å². The van der Waals surface area contributed by atoms with Gasteiger partial charge in [0.15, 0.2) is 11.6 Å². The summed E-state index contributed by atoms with van der Waals surface area (Å²) in [5.41, 5.74) is 1.31. The Kier molecular flexibility index (Phi) is 5.09. The Morgan fingerprint density at radius 2 is 1.63 bits per heavy atom. The molecule has 0 radical (unpaired) electrons. The maximum Gasteiger partial charge on any atom is 0.160 e. The van der Waals surface area contributed by atoms with Crippen LogP contribution in [0.5, 0.6) is 0 Å². The first-order chi connectivity index (χ1) is 8.90. The van der Waals surface area contributed by atoms with Crippen LogP contribution in [0.2, 0.25) is 10.0 Å². The number of alkyl halides is 1. The summed E-state index contributed by atoms with van der Waals surface area (Å²) >= 11 is 17.5. The Labute approximate surface area is 141 Å². The third-order valence-electron chi connectivity index (χ3n) is 2.54. The smallest absolute Gasteiger partial charge is 0.160 e. The summed E-state index contributed by atoms with van der Waals surface area (Å²) in [7, 11) is 0. The molecule has 0 amide bonds. The second kappa shape index (κ2) is 6.24. The molecule has 2 rings (SSSR count). The lowest BCUT2D eigenvalue weighted by Gasteiger charge is -2.15. The number of hydrogen-bond donors (Lipinski definition) is 0. The summed E-state index contributed by atoms with van der Waals surface area (Å²) in [4.78, 5) is -0.360. The van der Waals surface area contributed by atoms with Crippen LogP contribution in [0.4, 0.5) is 8.78 Å². The van der Waals surface area contributed by atoms with Gasteiger partial charge < -0.3 is 0 Å². The van der Waals surface area contributed by atoms with Gasteiger partial charge in [0.1, 0.15) is 0 Å². The summed E-state index contributed by atoms with van der Waals surface area (Å²) < 4.78 is 27.4. The molecule has 1 unspecified atom stereocenters. The number of hydrogen-bond acceptors (Lipinski definition) is 0. The van der Waals surface area contributed by atoms with E-state index in [4.69, 9.17) is 23.2 Å². The molecule has 19 heavy (non-hydrogen) atoms. The molecule has 0 heterocycles. The molecular weight excluding hydrogens is 472 g/mol. The lowest BCUT2D eigenvalue weighted by molar-refractivity contribution is 0.507. The Bertz CT molecular complexity index is 634. The van der Waals surface area contributed by atoms with Gasteiger partial charge in [0.05, 0.1) is 4.83 Å². The summed E-state index contributed by atoms with van der Waals surface area (Å²) in [5.74, 6) is -1.89. The predicted molar refractivity (Wildman–Crippen MR) is 86.3 cm³/mol. The van der Waals surface area contributed by atoms with E-state index in [1.165, 1.54) is 0 Å². The zero-order valence-electron chi connectivity index (χ0n) is 9.23. The second-order valence-corrected chi connectivity index (χ2v) is 6.74. The Morgan fingerprint density at radius 3 is 2.32 bits per heavy atom. The Morgan fingerprint density at radius 1 is 1.00 bits per heavy atom. The molecular formula is C13H6BrCl2F2I. The van der Waals surface area contributed by atoms with E-state index in [1.54, 1.807) is 12.1 Å². The van der Waals surface area contributed by atoms with Crippen LogP contribution in [-0.2, 0) is 0 Å². The molecule has 0 fully saturated rings. The molecule has 0 aliphatic rings. The molecule has 0 aliphatic carbocycles. The molecule has 100 valence electrons. The van der Waals surface area contributed by atoms with Gasteiger partial charge in [-0.25, -0.2) is 8.78 Å². The maximum atomic E-state index is 13.3. The second-order valence-electron chi connectivity index (χ2n) is 3.82. The topological polar surface area (TPSA) is 0 Å². The molecule has 0 aliphatic heterocycles. The van der Waals surface area contributed by atoms with Crippen molar-refractivity contribution in [2.75, 3.05) is 0 Å². The fraction of sp³-hybridized carbons (Fsp3) is 0.0769. The Balaban J connectivity index is 2.52. The van der Waals surface area contributed by atoms with Crippen molar-refractivity contribution in [2.24, 2.45) is 0 Å². The molecule has 2 aromatic rings. The summed E-state index contributed by atoms with van der Waals surface area (Å²) in [5, 5.41) is 0.732. The minimum Gasteiger partial charge on any atom is -0.204 e. The molecule has 0 spiro atoms. The van der Waals surface area contributed by atoms with Crippen LogP contribution in [0, 0.1) is 15.2 Å². The van der Waals surface area contributed by atoms with Crippen molar-refractivity contribution in [1.29, 1.82) is 0 Å². The van der Waals surface area contributed by atoms with Crippen LogP contribution < -0.4 is 0 Å². The van der Waals surface area contributed by atoms with E-state index in [2.05, 4.69) is 38.5 Å². The van der Waals surface area contributed by atoms with E-state index in [-0.39, 0.29) is 9.85 Å². The SMILES string of the molecule is Fc1cc(Cl)c(C(Br)c2cc(Cl)ccc2I)cc1F. The summed E-state index contributed by atoms with van der Waals surface area (Å²) in [6, 6.07) is 7.44. The average molecular weight is 478 g/mol. The normalized spacial score (nSPS) is 12.5. The van der Waals surface area contributed by atoms with Crippen molar-refractivity contribution in [1.82, 2.24) is 0 Å². The van der Waals surface area contributed by atoms with E-state index >= 15 is 0 Å². The van der Waals surface area contributed by atoms with Crippen LogP contribution in [0.25, 0.3) is 0 Å². The fourth-order valence-corrected chi connectivity index (χ4v) is 4.01. The molecule has 0 saturated heterocycles. The van der Waals surface area contributed by atoms with E-state index < -0.39 is 11.6 Å². The fourth-order valence-electron chi connectivity index (χ4n) is 1.61. The highest BCUT2D eigenvalue weighted by Gasteiger charge is 2.19. The van der Waals surface area contributed by atoms with Crippen LogP contribution >= 0.6 is 61.7 Å². The van der Waals surface area contributed by atoms with Crippen molar-refractivity contribution < 1.29 is 8.78 Å². The third-order valence-corrected chi connectivity index (χ3v) is 5.08. The van der Waals surface area contributed by atoms with Gasteiger partial charge in [-0.15, -0.1) is 0 Å². The molecule has 2 aromatic carbocycles. The van der Waals surface area contributed by atoms with Gasteiger partial charge in [-0.2, -0.15) is 0 Å². The quantitative estimate of drug-likeness (QED) is 0.268. The number of rotatable bonds is 2. The Hall–Kier alpha value is 0.0900. The minimum absolute atomic E-state index is 0.163. The number of halogens is 6. The maximum absolute atomic E-state index is 13.3. The summed E-state index contributed by atoms with van der Waals surface area (Å²) in [6.45, 7) is 0. The van der Waals surface area contributed by atoms with Gasteiger partial charge in [-0.3, -0.25) is 0 Å². The highest BCUT2D eigenvalue weighted by molar-refractivity contribution is 14.1. The highest BCUT2D eigenvalue weighted by atomic mass is 127. The van der Waals surface area contributed by atoms with Crippen molar-refractivity contribution in [3.8, 4) is 0 Å². The molecule has 0 N–H and O–H groups in total. The predicted octanol–water partition coefficient (Wildman–Crippen LogP) is 6.36. The van der Waals surface area contributed by atoms with Gasteiger partial charge in [0.2, 0.25) is 0 Å². The lowest BCUT2D eigenvalue weighted by atomic mass is 10.0. The van der Waals surface area contributed by atoms with Gasteiger partial charge in [-0.05, 0) is 64.0 Å². The first-order valence-corrected chi connectivity index (χ1v) is 7.88. The van der Waals surface area contributed by atoms with E-state index in [0.717, 1.165) is 21.3 Å². The van der Waals surface area contributed by atoms with Crippen LogP contribution in [-0.4, -0.2) is 0 Å². The molecule has 6 heteroatoms. The molecule has 1 atom stereocenters. The van der Waals surface area contributed by atoms with Crippen LogP contribution in [0.1, 0.15) is 16.0 Å². The lowest BCUT2D eigenvalue weighted by Crippen LogP contribution is -1.99. The van der Waals surface area contributed by atoms with Crippen molar-refractivity contribution in [3.05, 3.63) is 66.7 Å². The van der Waals surface area contributed by atoms with E-state index in [0.29, 0.717) is 10.6 Å². The standard InChI is InChI=1S/C13H6BrCl2F2I/c14-13(8-3-6(15)1-2-12(8)19)7-4-10(17)11(18)5-9(7)16/h1-5,13H. The highest BCUT2D eigenvalue weighted by Crippen LogP contribution is 2.39. The molecule has 0 nitrogen and oxygen atoms in total. The van der Waals surface area contributed by atoms with Crippen LogP contribution in [0.15, 0.2) is 30.3 Å². The zero-order valence-corrected chi connectivity index (χ0v) is 14.5. The number of benzene rings is 2. The zero-order chi connectivity index (χ0) is 14.2.